The van der Waals surface area contributed by atoms with Crippen molar-refractivity contribution in [3.63, 3.8) is 0 Å². The standard InChI is InChI=1S/C14H20O3/c1-2-17-13(16)14(10-6-9-12(14)15)11-7-4-3-5-8-11/h7H,2-6,8-10H2,1H3. The number of Topliss-reactive ketones (excluding diaryl/α,β-unsaturated/α-hetero) is 1. The van der Waals surface area contributed by atoms with E-state index in [-0.39, 0.29) is 11.8 Å². The van der Waals surface area contributed by atoms with Gasteiger partial charge in [-0.05, 0) is 51.0 Å². The molecule has 94 valence electrons. The normalized spacial score (nSPS) is 29.0. The molecule has 0 aromatic carbocycles. The summed E-state index contributed by atoms with van der Waals surface area (Å²) >= 11 is 0. The Morgan fingerprint density at radius 3 is 2.71 bits per heavy atom. The number of esters is 1. The van der Waals surface area contributed by atoms with E-state index < -0.39 is 5.41 Å². The van der Waals surface area contributed by atoms with Gasteiger partial charge in [0.15, 0.2) is 5.78 Å². The summed E-state index contributed by atoms with van der Waals surface area (Å²) in [5, 5.41) is 0. The fourth-order valence-corrected chi connectivity index (χ4v) is 3.03. The molecule has 2 aliphatic rings. The molecule has 0 saturated heterocycles. The monoisotopic (exact) mass is 236 g/mol. The van der Waals surface area contributed by atoms with E-state index in [9.17, 15) is 9.59 Å². The first kappa shape index (κ1) is 12.3. The zero-order valence-electron chi connectivity index (χ0n) is 10.5. The fraction of sp³-hybridized carbons (Fsp3) is 0.714. The number of rotatable bonds is 3. The molecule has 0 aromatic heterocycles. The van der Waals surface area contributed by atoms with Crippen LogP contribution in [-0.4, -0.2) is 18.4 Å². The van der Waals surface area contributed by atoms with Crippen LogP contribution in [0.1, 0.15) is 51.9 Å². The van der Waals surface area contributed by atoms with Crippen LogP contribution >= 0.6 is 0 Å². The number of hydrogen-bond donors (Lipinski definition) is 0. The van der Waals surface area contributed by atoms with Gasteiger partial charge in [0.2, 0.25) is 0 Å². The highest BCUT2D eigenvalue weighted by molar-refractivity contribution is 6.08. The van der Waals surface area contributed by atoms with Crippen molar-refractivity contribution in [2.24, 2.45) is 5.41 Å². The Morgan fingerprint density at radius 1 is 1.35 bits per heavy atom. The van der Waals surface area contributed by atoms with E-state index in [1.54, 1.807) is 6.92 Å². The molecule has 2 rings (SSSR count). The largest absolute Gasteiger partial charge is 0.465 e. The zero-order chi connectivity index (χ0) is 12.3. The van der Waals surface area contributed by atoms with Gasteiger partial charge in [0.1, 0.15) is 5.41 Å². The van der Waals surface area contributed by atoms with Crippen LogP contribution in [0.2, 0.25) is 0 Å². The molecule has 1 fully saturated rings. The molecule has 0 spiro atoms. The number of ketones is 1. The third kappa shape index (κ3) is 2.03. The van der Waals surface area contributed by atoms with Crippen molar-refractivity contribution in [1.82, 2.24) is 0 Å². The Kier molecular flexibility index (Phi) is 3.65. The Morgan fingerprint density at radius 2 is 2.18 bits per heavy atom. The molecule has 3 nitrogen and oxygen atoms in total. The average molecular weight is 236 g/mol. The minimum absolute atomic E-state index is 0.0732. The molecule has 0 bridgehead atoms. The van der Waals surface area contributed by atoms with Gasteiger partial charge < -0.3 is 4.74 Å². The molecule has 0 aromatic rings. The van der Waals surface area contributed by atoms with E-state index in [2.05, 4.69) is 6.08 Å². The zero-order valence-corrected chi connectivity index (χ0v) is 10.5. The molecule has 1 atom stereocenters. The fourth-order valence-electron chi connectivity index (χ4n) is 3.03. The quantitative estimate of drug-likeness (QED) is 0.430. The van der Waals surface area contributed by atoms with Crippen molar-refractivity contribution in [2.75, 3.05) is 6.61 Å². The van der Waals surface area contributed by atoms with E-state index in [0.29, 0.717) is 19.4 Å². The van der Waals surface area contributed by atoms with E-state index in [0.717, 1.165) is 37.7 Å². The van der Waals surface area contributed by atoms with Gasteiger partial charge in [-0.2, -0.15) is 0 Å². The predicted molar refractivity (Wildman–Crippen MR) is 64.5 cm³/mol. The summed E-state index contributed by atoms with van der Waals surface area (Å²) in [6, 6.07) is 0. The van der Waals surface area contributed by atoms with Crippen molar-refractivity contribution in [3.8, 4) is 0 Å². The molecule has 0 aliphatic heterocycles. The molecule has 0 radical (unpaired) electrons. The first-order valence-electron chi connectivity index (χ1n) is 6.62. The lowest BCUT2D eigenvalue weighted by molar-refractivity contribution is -0.156. The van der Waals surface area contributed by atoms with Gasteiger partial charge in [0.25, 0.3) is 0 Å². The molecule has 2 aliphatic carbocycles. The van der Waals surface area contributed by atoms with E-state index in [1.807, 2.05) is 0 Å². The van der Waals surface area contributed by atoms with Crippen molar-refractivity contribution in [3.05, 3.63) is 11.6 Å². The van der Waals surface area contributed by atoms with Gasteiger partial charge in [-0.1, -0.05) is 6.08 Å². The molecule has 1 saturated carbocycles. The van der Waals surface area contributed by atoms with Crippen LogP contribution in [0.25, 0.3) is 0 Å². The SMILES string of the molecule is CCOC(=O)C1(C2=CCCCC2)CCCC1=O. The first-order chi connectivity index (χ1) is 8.21. The minimum Gasteiger partial charge on any atom is -0.465 e. The van der Waals surface area contributed by atoms with Crippen molar-refractivity contribution in [2.45, 2.75) is 51.9 Å². The second kappa shape index (κ2) is 5.03. The van der Waals surface area contributed by atoms with E-state index >= 15 is 0 Å². The first-order valence-corrected chi connectivity index (χ1v) is 6.62. The third-order valence-electron chi connectivity index (χ3n) is 3.89. The maximum absolute atomic E-state index is 12.2. The smallest absolute Gasteiger partial charge is 0.323 e. The van der Waals surface area contributed by atoms with E-state index in [4.69, 9.17) is 4.74 Å². The van der Waals surface area contributed by atoms with Crippen molar-refractivity contribution >= 4 is 11.8 Å². The highest BCUT2D eigenvalue weighted by Crippen LogP contribution is 2.45. The molecule has 0 heterocycles. The Bertz CT molecular complexity index is 356. The van der Waals surface area contributed by atoms with Gasteiger partial charge in [-0.15, -0.1) is 0 Å². The van der Waals surface area contributed by atoms with Crippen LogP contribution < -0.4 is 0 Å². The highest BCUT2D eigenvalue weighted by atomic mass is 16.5. The van der Waals surface area contributed by atoms with E-state index in [1.165, 1.54) is 0 Å². The molecule has 3 heteroatoms. The summed E-state index contributed by atoms with van der Waals surface area (Å²) < 4.78 is 5.15. The molecular formula is C14H20O3. The van der Waals surface area contributed by atoms with Gasteiger partial charge in [-0.25, -0.2) is 0 Å². The molecule has 0 amide bonds. The van der Waals surface area contributed by atoms with Crippen molar-refractivity contribution in [1.29, 1.82) is 0 Å². The summed E-state index contributed by atoms with van der Waals surface area (Å²) in [6.45, 7) is 2.14. The summed E-state index contributed by atoms with van der Waals surface area (Å²) in [6.07, 6.45) is 8.20. The molecule has 1 unspecified atom stereocenters. The topological polar surface area (TPSA) is 43.4 Å². The number of ether oxygens (including phenoxy) is 1. The number of hydrogen-bond acceptors (Lipinski definition) is 3. The maximum atomic E-state index is 12.2. The minimum atomic E-state index is -0.906. The predicted octanol–water partition coefficient (Wildman–Crippen LogP) is 2.79. The lowest BCUT2D eigenvalue weighted by atomic mass is 9.73. The van der Waals surface area contributed by atoms with Gasteiger partial charge in [-0.3, -0.25) is 9.59 Å². The summed E-state index contributed by atoms with van der Waals surface area (Å²) in [7, 11) is 0. The van der Waals surface area contributed by atoms with Crippen LogP contribution in [-0.2, 0) is 14.3 Å². The summed E-state index contributed by atoms with van der Waals surface area (Å²) in [5.74, 6) is -0.236. The second-order valence-electron chi connectivity index (χ2n) is 4.88. The number of carbonyl (C=O) groups excluding carboxylic acids is 2. The third-order valence-corrected chi connectivity index (χ3v) is 3.89. The molecule has 17 heavy (non-hydrogen) atoms. The van der Waals surface area contributed by atoms with Crippen LogP contribution in [0.5, 0.6) is 0 Å². The van der Waals surface area contributed by atoms with Crippen LogP contribution in [0.3, 0.4) is 0 Å². The van der Waals surface area contributed by atoms with Gasteiger partial charge in [0.05, 0.1) is 6.61 Å². The van der Waals surface area contributed by atoms with Crippen LogP contribution in [0.4, 0.5) is 0 Å². The lowest BCUT2D eigenvalue weighted by Gasteiger charge is -2.30. The lowest BCUT2D eigenvalue weighted by Crippen LogP contribution is -2.39. The average Bonchev–Trinajstić information content (AvgIpc) is 2.73. The summed E-state index contributed by atoms with van der Waals surface area (Å²) in [5.41, 5.74) is 0.126. The Balaban J connectivity index is 2.33. The van der Waals surface area contributed by atoms with Gasteiger partial charge >= 0.3 is 5.97 Å². The molecule has 0 N–H and O–H groups in total. The van der Waals surface area contributed by atoms with Crippen LogP contribution in [0.15, 0.2) is 11.6 Å². The number of allylic oxidation sites excluding steroid dienone is 1. The second-order valence-corrected chi connectivity index (χ2v) is 4.88. The number of carbonyl (C=O) groups is 2. The van der Waals surface area contributed by atoms with Crippen LogP contribution in [0, 0.1) is 5.41 Å². The van der Waals surface area contributed by atoms with Gasteiger partial charge in [0, 0.05) is 6.42 Å². The van der Waals surface area contributed by atoms with Crippen molar-refractivity contribution < 1.29 is 14.3 Å². The Hall–Kier alpha value is -1.12. The Labute approximate surface area is 102 Å². The highest BCUT2D eigenvalue weighted by Gasteiger charge is 2.52. The maximum Gasteiger partial charge on any atom is 0.323 e. The summed E-state index contributed by atoms with van der Waals surface area (Å²) in [4.78, 5) is 24.4. The molecular weight excluding hydrogens is 216 g/mol.